The van der Waals surface area contributed by atoms with Gasteiger partial charge in [0.1, 0.15) is 42.6 Å². The molecule has 1 unspecified atom stereocenters. The maximum absolute atomic E-state index is 18.2. The molecule has 20 heteroatoms. The third kappa shape index (κ3) is 9.07. The van der Waals surface area contributed by atoms with Crippen molar-refractivity contribution in [2.45, 2.75) is 70.1 Å². The molecule has 4 aromatic carbocycles. The Hall–Kier alpha value is -6.86. The van der Waals surface area contributed by atoms with Crippen molar-refractivity contribution in [3.63, 3.8) is 0 Å². The van der Waals surface area contributed by atoms with Crippen LogP contribution in [0.1, 0.15) is 60.0 Å². The zero-order chi connectivity index (χ0) is 49.6. The minimum Gasteiger partial charge on any atom is -0.497 e. The molecule has 3 atom stereocenters. The van der Waals surface area contributed by atoms with Crippen LogP contribution in [0.25, 0.3) is 16.9 Å². The molecule has 368 valence electrons. The largest absolute Gasteiger partial charge is 0.497 e. The minimum atomic E-state index is -5.24. The van der Waals surface area contributed by atoms with E-state index in [1.54, 1.807) is 77.4 Å². The maximum Gasteiger partial charge on any atom is 0.417 e. The monoisotopic (exact) mass is 991 g/mol. The number of ether oxygens (including phenoxy) is 4. The number of carbonyl (C=O) groups is 1. The molecular weight excluding hydrogens is 944 g/mol. The van der Waals surface area contributed by atoms with Gasteiger partial charge in [0.25, 0.3) is 0 Å². The molecule has 0 radical (unpaired) electrons. The van der Waals surface area contributed by atoms with Crippen molar-refractivity contribution in [3.8, 4) is 28.4 Å². The number of methoxy groups -OCH3 is 2. The number of aryl methyl sites for hydroxylation is 1. The Bertz CT molecular complexity index is 2950. The number of aromatic nitrogens is 1. The van der Waals surface area contributed by atoms with Crippen LogP contribution in [-0.2, 0) is 24.0 Å². The van der Waals surface area contributed by atoms with Gasteiger partial charge in [0, 0.05) is 48.9 Å². The van der Waals surface area contributed by atoms with E-state index in [-0.39, 0.29) is 73.2 Å². The van der Waals surface area contributed by atoms with Crippen LogP contribution in [0.4, 0.5) is 42.6 Å². The van der Waals surface area contributed by atoms with Crippen LogP contribution in [0.3, 0.4) is 0 Å². The number of fused-ring (bicyclic) bond motifs is 1. The number of amides is 1. The highest BCUT2D eigenvalue weighted by molar-refractivity contribution is 6.33. The second-order valence-electron chi connectivity index (χ2n) is 17.6. The molecule has 70 heavy (non-hydrogen) atoms. The van der Waals surface area contributed by atoms with Crippen LogP contribution in [0.2, 0.25) is 5.02 Å². The lowest BCUT2D eigenvalue weighted by Crippen LogP contribution is -2.45. The summed E-state index contributed by atoms with van der Waals surface area (Å²) in [5.74, 6) is -2.73. The van der Waals surface area contributed by atoms with Gasteiger partial charge in [-0.05, 0) is 86.3 Å². The Labute approximate surface area is 403 Å². The average molecular weight is 992 g/mol. The summed E-state index contributed by atoms with van der Waals surface area (Å²) in [7, 11) is 3.01. The van der Waals surface area contributed by atoms with Crippen molar-refractivity contribution < 1.29 is 55.2 Å². The molecule has 0 bridgehead atoms. The summed E-state index contributed by atoms with van der Waals surface area (Å²) < 4.78 is 121. The first-order valence-corrected chi connectivity index (χ1v) is 22.8. The van der Waals surface area contributed by atoms with E-state index in [0.29, 0.717) is 41.2 Å². The summed E-state index contributed by atoms with van der Waals surface area (Å²) in [5.41, 5.74) is -3.37. The summed E-state index contributed by atoms with van der Waals surface area (Å²) >= 11 is 7.12. The smallest absolute Gasteiger partial charge is 0.417 e. The number of carboxylic acid groups (broad SMARTS) is 1. The van der Waals surface area contributed by atoms with Gasteiger partial charge in [-0.2, -0.15) is 13.2 Å². The van der Waals surface area contributed by atoms with E-state index >= 15 is 22.0 Å². The molecule has 4 aliphatic rings. The molecule has 1 amide bonds. The molecule has 0 saturated carbocycles. The molecule has 0 aliphatic carbocycles. The third-order valence-corrected chi connectivity index (χ3v) is 13.7. The van der Waals surface area contributed by atoms with Crippen LogP contribution in [0.15, 0.2) is 90.1 Å². The number of hydrogen-bond acceptors (Lipinski definition) is 11. The van der Waals surface area contributed by atoms with Gasteiger partial charge >= 0.3 is 18.2 Å². The van der Waals surface area contributed by atoms with E-state index in [1.807, 2.05) is 4.90 Å². The van der Waals surface area contributed by atoms with Gasteiger partial charge in [0.2, 0.25) is 0 Å². The van der Waals surface area contributed by atoms with Crippen molar-refractivity contribution in [2.75, 3.05) is 50.8 Å². The van der Waals surface area contributed by atoms with E-state index in [2.05, 4.69) is 20.6 Å². The summed E-state index contributed by atoms with van der Waals surface area (Å²) in [6.45, 7) is 3.32. The predicted molar refractivity (Wildman–Crippen MR) is 248 cm³/mol. The van der Waals surface area contributed by atoms with Gasteiger partial charge in [-0.3, -0.25) is 15.2 Å². The van der Waals surface area contributed by atoms with Crippen molar-refractivity contribution in [1.29, 1.82) is 0 Å². The van der Waals surface area contributed by atoms with Crippen molar-refractivity contribution in [1.82, 2.24) is 20.1 Å². The minimum absolute atomic E-state index is 0.00646. The highest BCUT2D eigenvalue weighted by Gasteiger charge is 2.50. The van der Waals surface area contributed by atoms with E-state index in [0.717, 1.165) is 12.5 Å². The standard InChI is InChI=1S/C50H48ClF6N7O6/c1-27-19-35(62(21-29-8-12-32(67-3)13-9-29)22-30-10-14-33(68-4)15-11-30)42(53)37(40(27)50(55,56)57)38-41(51)44-39-45(43(38)54)70-36(69-25-49-16-6-18-63(49)23-31(52)20-49)24-64(47(39)60-26-59-44)28(2)34-7-5-17-58-46(34)61-48(65)66/h5,7-15,17,19,24,28,31,60H,6,16,18,20-23,25-26H2,1-4H3,(H,58,61)(H,65,66)/t28?,31-,49+/m1/s1. The molecule has 9 rings (SSSR count). The molecule has 3 N–H and O–H groups in total. The van der Waals surface area contributed by atoms with Gasteiger partial charge in [-0.1, -0.05) is 41.9 Å². The first-order valence-electron chi connectivity index (χ1n) is 22.4. The zero-order valence-corrected chi connectivity index (χ0v) is 39.2. The highest BCUT2D eigenvalue weighted by Crippen LogP contribution is 2.48. The molecule has 13 nitrogen and oxygen atoms in total. The second kappa shape index (κ2) is 19.1. The zero-order valence-electron chi connectivity index (χ0n) is 38.4. The summed E-state index contributed by atoms with van der Waals surface area (Å²) in [6, 6.07) is 17.2. The highest BCUT2D eigenvalue weighted by atomic mass is 35.5. The van der Waals surface area contributed by atoms with Crippen molar-refractivity contribution in [3.05, 3.63) is 140 Å². The summed E-state index contributed by atoms with van der Waals surface area (Å²) in [6.07, 6.45) is -3.45. The number of nitrogens with one attached hydrogen (secondary N) is 2. The van der Waals surface area contributed by atoms with Gasteiger partial charge in [-0.15, -0.1) is 0 Å². The molecule has 5 heterocycles. The number of hydrogen-bond donors (Lipinski definition) is 3. The SMILES string of the molecule is COc1ccc(CN(Cc2ccc(OC)cc2)c2cc(C)c(C(F)(F)F)c(-c3c(F)c4c5c(c3Cl)=NCNC=5N(C(C)c3cccnc3NC(=O)O)C=C(OC[C@@]35CCCN3C[C@H](F)C5)O4)c2F)cc1. The van der Waals surface area contributed by atoms with Gasteiger partial charge in [-0.25, -0.2) is 22.9 Å². The number of nitrogens with zero attached hydrogens (tertiary/aromatic N) is 5. The third-order valence-electron chi connectivity index (χ3n) is 13.3. The second-order valence-corrected chi connectivity index (χ2v) is 18.0. The molecule has 1 aromatic heterocycles. The number of halogens is 7. The van der Waals surface area contributed by atoms with Crippen LogP contribution >= 0.6 is 11.6 Å². The lowest BCUT2D eigenvalue weighted by atomic mass is 9.91. The Balaban J connectivity index is 1.25. The molecule has 0 spiro atoms. The van der Waals surface area contributed by atoms with Crippen molar-refractivity contribution in [2.24, 2.45) is 4.99 Å². The van der Waals surface area contributed by atoms with Crippen LogP contribution in [-0.4, -0.2) is 78.3 Å². The van der Waals surface area contributed by atoms with Gasteiger partial charge < -0.3 is 39.2 Å². The number of benzene rings is 4. The first-order chi connectivity index (χ1) is 33.5. The van der Waals surface area contributed by atoms with E-state index < -0.39 is 74.7 Å². The summed E-state index contributed by atoms with van der Waals surface area (Å²) in [5, 5.41) is 14.1. The van der Waals surface area contributed by atoms with Crippen molar-refractivity contribution >= 4 is 35.0 Å². The number of anilines is 2. The number of pyridine rings is 1. The molecule has 2 fully saturated rings. The van der Waals surface area contributed by atoms with E-state index in [4.69, 9.17) is 30.5 Å². The van der Waals surface area contributed by atoms with E-state index in [9.17, 15) is 14.3 Å². The number of alkyl halides is 4. The first kappa shape index (κ1) is 48.2. The van der Waals surface area contributed by atoms with E-state index in [1.165, 1.54) is 33.5 Å². The quantitative estimate of drug-likeness (QED) is 0.0920. The predicted octanol–water partition coefficient (Wildman–Crippen LogP) is 9.41. The fourth-order valence-corrected chi connectivity index (χ4v) is 10.3. The normalized spacial score (nSPS) is 18.9. The molecular formula is C50H48ClF6N7O6. The molecule has 4 aliphatic heterocycles. The molecule has 2 saturated heterocycles. The van der Waals surface area contributed by atoms with Crippen LogP contribution < -0.4 is 40.3 Å². The lowest BCUT2D eigenvalue weighted by molar-refractivity contribution is -0.137. The Kier molecular flexibility index (Phi) is 13.2. The van der Waals surface area contributed by atoms with Crippen LogP contribution in [0, 0.1) is 18.6 Å². The summed E-state index contributed by atoms with van der Waals surface area (Å²) in [4.78, 5) is 25.7. The lowest BCUT2D eigenvalue weighted by Gasteiger charge is -2.33. The van der Waals surface area contributed by atoms with Crippen LogP contribution in [0.5, 0.6) is 17.2 Å². The fourth-order valence-electron chi connectivity index (χ4n) is 10.0. The Morgan fingerprint density at radius 2 is 1.71 bits per heavy atom. The average Bonchev–Trinajstić information content (AvgIpc) is 3.80. The maximum atomic E-state index is 18.2. The Morgan fingerprint density at radius 3 is 2.34 bits per heavy atom. The van der Waals surface area contributed by atoms with Gasteiger partial charge in [0.15, 0.2) is 17.4 Å². The topological polar surface area (TPSA) is 133 Å². The Morgan fingerprint density at radius 1 is 1.04 bits per heavy atom. The number of rotatable bonds is 14. The fraction of sp³-hybridized carbons (Fsp3) is 0.340. The van der Waals surface area contributed by atoms with Gasteiger partial charge in [0.05, 0.1) is 58.8 Å². The molecule has 5 aromatic rings.